The lowest BCUT2D eigenvalue weighted by Crippen LogP contribution is -2.40. The zero-order valence-corrected chi connectivity index (χ0v) is 9.64. The Balaban J connectivity index is 3.94. The van der Waals surface area contributed by atoms with Crippen LogP contribution < -0.4 is 5.32 Å². The molecule has 0 amide bonds. The summed E-state index contributed by atoms with van der Waals surface area (Å²) in [6.07, 6.45) is 0. The highest BCUT2D eigenvalue weighted by atomic mass is 35.5. The maximum absolute atomic E-state index is 11.3. The molecule has 5 heteroatoms. The number of hydrogen-bond acceptors (Lipinski definition) is 4. The van der Waals surface area contributed by atoms with Gasteiger partial charge in [-0.2, -0.15) is 0 Å². The van der Waals surface area contributed by atoms with E-state index in [1.54, 1.807) is 27.7 Å². The molecule has 0 aromatic carbocycles. The van der Waals surface area contributed by atoms with Crippen LogP contribution in [-0.2, 0) is 14.3 Å². The van der Waals surface area contributed by atoms with Crippen LogP contribution in [0.25, 0.3) is 0 Å². The summed E-state index contributed by atoms with van der Waals surface area (Å²) >= 11 is 5.11. The van der Waals surface area contributed by atoms with Crippen LogP contribution in [0.4, 0.5) is 0 Å². The van der Waals surface area contributed by atoms with Crippen LogP contribution in [0.1, 0.15) is 27.7 Å². The van der Waals surface area contributed by atoms with E-state index >= 15 is 0 Å². The second-order valence-electron chi connectivity index (χ2n) is 3.99. The predicted octanol–water partition coefficient (Wildman–Crippen LogP) is 1.07. The van der Waals surface area contributed by atoms with Crippen LogP contribution in [0.3, 0.4) is 0 Å². The Morgan fingerprint density at radius 3 is 2.29 bits per heavy atom. The second kappa shape index (κ2) is 5.32. The number of carbonyl (C=O) groups is 2. The first-order chi connectivity index (χ1) is 6.22. The molecular weight excluding hydrogens is 206 g/mol. The van der Waals surface area contributed by atoms with Gasteiger partial charge in [-0.05, 0) is 39.3 Å². The van der Waals surface area contributed by atoms with Crippen molar-refractivity contribution >= 4 is 22.8 Å². The van der Waals surface area contributed by atoms with Crippen molar-refractivity contribution in [1.29, 1.82) is 0 Å². The summed E-state index contributed by atoms with van der Waals surface area (Å²) < 4.78 is 5.08. The number of hydrogen-bond donors (Lipinski definition) is 1. The Morgan fingerprint density at radius 1 is 1.43 bits per heavy atom. The highest BCUT2D eigenvalue weighted by Crippen LogP contribution is 2.08. The Kier molecular flexibility index (Phi) is 5.08. The van der Waals surface area contributed by atoms with E-state index in [1.165, 1.54) is 0 Å². The van der Waals surface area contributed by atoms with Gasteiger partial charge in [-0.3, -0.25) is 14.9 Å². The zero-order chi connectivity index (χ0) is 11.4. The van der Waals surface area contributed by atoms with Gasteiger partial charge < -0.3 is 4.74 Å². The summed E-state index contributed by atoms with van der Waals surface area (Å²) in [7, 11) is 0. The van der Waals surface area contributed by atoms with E-state index < -0.39 is 22.9 Å². The Hall–Kier alpha value is -0.610. The Morgan fingerprint density at radius 2 is 1.93 bits per heavy atom. The van der Waals surface area contributed by atoms with Gasteiger partial charge in [0.1, 0.15) is 11.6 Å². The summed E-state index contributed by atoms with van der Waals surface area (Å²) in [5.74, 6) is -0.393. The third kappa shape index (κ3) is 6.86. The monoisotopic (exact) mass is 221 g/mol. The van der Waals surface area contributed by atoms with Gasteiger partial charge in [0.15, 0.2) is 0 Å². The Bertz CT molecular complexity index is 223. The molecule has 0 spiro atoms. The third-order valence-electron chi connectivity index (χ3n) is 1.31. The first-order valence-electron chi connectivity index (χ1n) is 4.37. The smallest absolute Gasteiger partial charge is 0.323 e. The number of rotatable bonds is 4. The van der Waals surface area contributed by atoms with E-state index in [0.717, 1.165) is 0 Å². The van der Waals surface area contributed by atoms with Crippen molar-refractivity contribution in [2.75, 3.05) is 6.54 Å². The van der Waals surface area contributed by atoms with Crippen molar-refractivity contribution in [1.82, 2.24) is 5.32 Å². The van der Waals surface area contributed by atoms with Crippen LogP contribution in [0.2, 0.25) is 0 Å². The predicted molar refractivity (Wildman–Crippen MR) is 54.2 cm³/mol. The molecule has 14 heavy (non-hydrogen) atoms. The molecule has 0 fully saturated rings. The van der Waals surface area contributed by atoms with Gasteiger partial charge in [-0.25, -0.2) is 0 Å². The molecule has 0 radical (unpaired) electrons. The van der Waals surface area contributed by atoms with E-state index in [-0.39, 0.29) is 6.54 Å². The molecule has 82 valence electrons. The van der Waals surface area contributed by atoms with Crippen molar-refractivity contribution in [3.8, 4) is 0 Å². The van der Waals surface area contributed by atoms with E-state index in [0.29, 0.717) is 0 Å². The molecule has 0 aliphatic carbocycles. The molecule has 0 aromatic heterocycles. The summed E-state index contributed by atoms with van der Waals surface area (Å²) in [5, 5.41) is 2.12. The molecule has 0 bridgehead atoms. The van der Waals surface area contributed by atoms with Crippen LogP contribution in [0.15, 0.2) is 0 Å². The number of carbonyl (C=O) groups excluding carboxylic acids is 2. The van der Waals surface area contributed by atoms with Gasteiger partial charge in [0.25, 0.3) is 0 Å². The van der Waals surface area contributed by atoms with E-state index in [2.05, 4.69) is 5.32 Å². The number of ether oxygens (including phenoxy) is 1. The first kappa shape index (κ1) is 13.4. The van der Waals surface area contributed by atoms with Crippen LogP contribution in [0, 0.1) is 0 Å². The van der Waals surface area contributed by atoms with Crippen molar-refractivity contribution < 1.29 is 14.3 Å². The average molecular weight is 222 g/mol. The number of nitrogens with one attached hydrogen (secondary N) is 1. The first-order valence-corrected chi connectivity index (χ1v) is 4.75. The number of halogens is 1. The fraction of sp³-hybridized carbons (Fsp3) is 0.778. The quantitative estimate of drug-likeness (QED) is 0.570. The van der Waals surface area contributed by atoms with E-state index in [4.69, 9.17) is 16.3 Å². The van der Waals surface area contributed by atoms with E-state index in [9.17, 15) is 9.59 Å². The highest BCUT2D eigenvalue weighted by Gasteiger charge is 2.21. The molecule has 0 aromatic rings. The Labute approximate surface area is 88.9 Å². The second-order valence-corrected chi connectivity index (χ2v) is 4.41. The molecular formula is C9H16ClNO3. The normalized spacial score (nSPS) is 13.5. The lowest BCUT2D eigenvalue weighted by Gasteiger charge is -2.22. The van der Waals surface area contributed by atoms with Gasteiger partial charge in [0, 0.05) is 0 Å². The average Bonchev–Trinajstić information content (AvgIpc) is 1.96. The summed E-state index contributed by atoms with van der Waals surface area (Å²) in [5.41, 5.74) is -0.516. The van der Waals surface area contributed by atoms with E-state index in [1.807, 2.05) is 0 Å². The van der Waals surface area contributed by atoms with Crippen LogP contribution >= 0.6 is 11.6 Å². The van der Waals surface area contributed by atoms with Crippen molar-refractivity contribution in [3.63, 3.8) is 0 Å². The minimum absolute atomic E-state index is 0.0397. The lowest BCUT2D eigenvalue weighted by molar-refractivity contribution is -0.156. The molecule has 0 aliphatic rings. The molecule has 1 N–H and O–H groups in total. The third-order valence-corrected chi connectivity index (χ3v) is 1.44. The number of esters is 1. The van der Waals surface area contributed by atoms with Gasteiger partial charge >= 0.3 is 5.97 Å². The lowest BCUT2D eigenvalue weighted by atomic mass is 10.2. The largest absolute Gasteiger partial charge is 0.459 e. The fourth-order valence-corrected chi connectivity index (χ4v) is 0.784. The minimum Gasteiger partial charge on any atom is -0.459 e. The molecule has 0 rings (SSSR count). The van der Waals surface area contributed by atoms with Crippen molar-refractivity contribution in [3.05, 3.63) is 0 Å². The summed E-state index contributed by atoms with van der Waals surface area (Å²) in [6.45, 7) is 6.93. The van der Waals surface area contributed by atoms with Crippen LogP contribution in [0.5, 0.6) is 0 Å². The van der Waals surface area contributed by atoms with Crippen molar-refractivity contribution in [2.24, 2.45) is 0 Å². The van der Waals surface area contributed by atoms with Crippen molar-refractivity contribution in [2.45, 2.75) is 39.3 Å². The molecule has 0 saturated heterocycles. The summed E-state index contributed by atoms with van der Waals surface area (Å²) in [6, 6.07) is -0.531. The highest BCUT2D eigenvalue weighted by molar-refractivity contribution is 6.64. The van der Waals surface area contributed by atoms with Gasteiger partial charge in [-0.15, -0.1) is 0 Å². The zero-order valence-electron chi connectivity index (χ0n) is 8.89. The molecule has 4 nitrogen and oxygen atoms in total. The molecule has 1 unspecified atom stereocenters. The summed E-state index contributed by atoms with van der Waals surface area (Å²) in [4.78, 5) is 21.7. The maximum atomic E-state index is 11.3. The molecule has 0 heterocycles. The molecule has 0 saturated carbocycles. The maximum Gasteiger partial charge on any atom is 0.323 e. The van der Waals surface area contributed by atoms with Gasteiger partial charge in [0.2, 0.25) is 5.24 Å². The topological polar surface area (TPSA) is 55.4 Å². The SMILES string of the molecule is CC(NCC(=O)Cl)C(=O)OC(C)(C)C. The fourth-order valence-electron chi connectivity index (χ4n) is 0.707. The standard InChI is InChI=1S/C9H16ClNO3/c1-6(11-5-7(10)12)8(13)14-9(2,3)4/h6,11H,5H2,1-4H3. The molecule has 0 aliphatic heterocycles. The van der Waals surface area contributed by atoms with Gasteiger partial charge in [0.05, 0.1) is 6.54 Å². The molecule has 1 atom stereocenters. The minimum atomic E-state index is -0.531. The van der Waals surface area contributed by atoms with Crippen LogP contribution in [-0.4, -0.2) is 29.4 Å². The van der Waals surface area contributed by atoms with Gasteiger partial charge in [-0.1, -0.05) is 0 Å².